The number of nitrogens with one attached hydrogen (secondary N) is 1. The highest BCUT2D eigenvalue weighted by molar-refractivity contribution is 5.93. The summed E-state index contributed by atoms with van der Waals surface area (Å²) < 4.78 is 5.35. The number of carboxylic acids is 1. The Morgan fingerprint density at radius 1 is 1.15 bits per heavy atom. The summed E-state index contributed by atoms with van der Waals surface area (Å²) in [5.74, 6) is -0.0622. The van der Waals surface area contributed by atoms with Crippen molar-refractivity contribution in [2.45, 2.75) is 18.9 Å². The van der Waals surface area contributed by atoms with Crippen LogP contribution in [0.15, 0.2) is 42.5 Å². The summed E-state index contributed by atoms with van der Waals surface area (Å²) in [6.07, 6.45) is 1.26. The van der Waals surface area contributed by atoms with E-state index in [9.17, 15) is 9.90 Å². The number of carbonyl (C=O) groups is 1. The van der Waals surface area contributed by atoms with Gasteiger partial charge >= 0.3 is 5.97 Å². The number of aliphatic hydroxyl groups is 1. The molecular weight excluding hydrogens is 332 g/mol. The zero-order valence-corrected chi connectivity index (χ0v) is 14.2. The molecule has 3 aromatic rings. The smallest absolute Gasteiger partial charge is 0.335 e. The molecule has 1 saturated heterocycles. The van der Waals surface area contributed by atoms with E-state index in [1.807, 2.05) is 24.3 Å². The molecule has 3 N–H and O–H groups in total. The molecule has 1 aliphatic rings. The normalized spacial score (nSPS) is 16.7. The van der Waals surface area contributed by atoms with Gasteiger partial charge in [-0.3, -0.25) is 0 Å². The minimum absolute atomic E-state index is 0.213. The van der Waals surface area contributed by atoms with Gasteiger partial charge in [0.2, 0.25) is 0 Å². The lowest BCUT2D eigenvalue weighted by Gasteiger charge is -2.27. The fourth-order valence-corrected chi connectivity index (χ4v) is 3.42. The van der Waals surface area contributed by atoms with Crippen LogP contribution in [0.2, 0.25) is 0 Å². The number of imidazole rings is 1. The third kappa shape index (κ3) is 3.21. The number of fused-ring (bicyclic) bond motifs is 1. The maximum atomic E-state index is 11.1. The number of aromatic nitrogens is 2. The van der Waals surface area contributed by atoms with Crippen LogP contribution in [0.5, 0.6) is 0 Å². The quantitative estimate of drug-likeness (QED) is 0.669. The molecular formula is C20H20N2O4. The number of H-pyrrole nitrogens is 1. The molecule has 1 aromatic heterocycles. The molecule has 0 bridgehead atoms. The highest BCUT2D eigenvalue weighted by Crippen LogP contribution is 2.31. The molecule has 26 heavy (non-hydrogen) atoms. The molecule has 0 saturated carbocycles. The number of benzene rings is 2. The minimum Gasteiger partial charge on any atom is -0.478 e. The first-order valence-corrected chi connectivity index (χ1v) is 8.71. The molecule has 1 fully saturated rings. The van der Waals surface area contributed by atoms with Crippen molar-refractivity contribution >= 4 is 17.0 Å². The molecule has 0 aliphatic carbocycles. The van der Waals surface area contributed by atoms with Crippen LogP contribution in [0.4, 0.5) is 0 Å². The highest BCUT2D eigenvalue weighted by atomic mass is 16.5. The van der Waals surface area contributed by atoms with Gasteiger partial charge in [-0.25, -0.2) is 9.78 Å². The summed E-state index contributed by atoms with van der Waals surface area (Å²) in [4.78, 5) is 18.8. The zero-order chi connectivity index (χ0) is 18.1. The van der Waals surface area contributed by atoms with E-state index >= 15 is 0 Å². The fourth-order valence-electron chi connectivity index (χ4n) is 3.42. The summed E-state index contributed by atoms with van der Waals surface area (Å²) in [7, 11) is 0. The van der Waals surface area contributed by atoms with Gasteiger partial charge in [-0.05, 0) is 42.5 Å². The van der Waals surface area contributed by atoms with Crippen molar-refractivity contribution in [3.8, 4) is 11.4 Å². The van der Waals surface area contributed by atoms with E-state index in [0.717, 1.165) is 29.5 Å². The monoisotopic (exact) mass is 352 g/mol. The second-order valence-electron chi connectivity index (χ2n) is 6.64. The molecule has 1 atom stereocenters. The molecule has 6 heteroatoms. The number of ether oxygens (including phenoxy) is 1. The molecule has 1 aliphatic heterocycles. The van der Waals surface area contributed by atoms with Gasteiger partial charge in [0, 0.05) is 18.8 Å². The van der Waals surface area contributed by atoms with Crippen molar-refractivity contribution in [3.05, 3.63) is 53.6 Å². The Balaban J connectivity index is 1.58. The zero-order valence-electron chi connectivity index (χ0n) is 14.2. The van der Waals surface area contributed by atoms with Crippen LogP contribution in [0.3, 0.4) is 0 Å². The summed E-state index contributed by atoms with van der Waals surface area (Å²) in [6, 6.07) is 12.5. The Kier molecular flexibility index (Phi) is 4.44. The van der Waals surface area contributed by atoms with Crippen LogP contribution in [0.25, 0.3) is 22.4 Å². The van der Waals surface area contributed by atoms with Gasteiger partial charge in [0.25, 0.3) is 0 Å². The molecule has 2 aromatic carbocycles. The number of hydrogen-bond acceptors (Lipinski definition) is 4. The SMILES string of the molecule is O=C(O)c1ccc2[nH]c(-c3ccc(C(O)C4CCOCC4)cc3)nc2c1. The second-order valence-corrected chi connectivity index (χ2v) is 6.64. The average molecular weight is 352 g/mol. The van der Waals surface area contributed by atoms with Crippen LogP contribution >= 0.6 is 0 Å². The molecule has 6 nitrogen and oxygen atoms in total. The van der Waals surface area contributed by atoms with Gasteiger partial charge in [0.05, 0.1) is 22.7 Å². The predicted molar refractivity (Wildman–Crippen MR) is 97.0 cm³/mol. The van der Waals surface area contributed by atoms with Crippen molar-refractivity contribution in [1.29, 1.82) is 0 Å². The lowest BCUT2D eigenvalue weighted by molar-refractivity contribution is 0.00719. The van der Waals surface area contributed by atoms with Crippen molar-refractivity contribution in [3.63, 3.8) is 0 Å². The molecule has 0 radical (unpaired) electrons. The predicted octanol–water partition coefficient (Wildman–Crippen LogP) is 3.39. The third-order valence-electron chi connectivity index (χ3n) is 4.97. The summed E-state index contributed by atoms with van der Waals surface area (Å²) >= 11 is 0. The third-order valence-corrected chi connectivity index (χ3v) is 4.97. The number of nitrogens with zero attached hydrogens (tertiary/aromatic N) is 1. The Hall–Kier alpha value is -2.70. The van der Waals surface area contributed by atoms with E-state index < -0.39 is 12.1 Å². The first-order valence-electron chi connectivity index (χ1n) is 8.71. The number of hydrogen-bond donors (Lipinski definition) is 3. The van der Waals surface area contributed by atoms with Crippen molar-refractivity contribution < 1.29 is 19.7 Å². The number of aliphatic hydroxyl groups excluding tert-OH is 1. The van der Waals surface area contributed by atoms with Gasteiger partial charge in [-0.2, -0.15) is 0 Å². The highest BCUT2D eigenvalue weighted by Gasteiger charge is 2.23. The Labute approximate surface area is 150 Å². The van der Waals surface area contributed by atoms with E-state index in [0.29, 0.717) is 24.6 Å². The molecule has 4 rings (SSSR count). The van der Waals surface area contributed by atoms with Crippen LogP contribution in [-0.4, -0.2) is 39.4 Å². The average Bonchev–Trinajstić information content (AvgIpc) is 3.11. The number of rotatable bonds is 4. The minimum atomic E-state index is -0.970. The van der Waals surface area contributed by atoms with Gasteiger partial charge in [0.1, 0.15) is 5.82 Å². The Morgan fingerprint density at radius 2 is 1.88 bits per heavy atom. The lowest BCUT2D eigenvalue weighted by Crippen LogP contribution is -2.21. The maximum absolute atomic E-state index is 11.1. The van der Waals surface area contributed by atoms with E-state index in [-0.39, 0.29) is 11.5 Å². The van der Waals surface area contributed by atoms with Crippen molar-refractivity contribution in [2.24, 2.45) is 5.92 Å². The van der Waals surface area contributed by atoms with Crippen molar-refractivity contribution in [1.82, 2.24) is 9.97 Å². The molecule has 0 spiro atoms. The molecule has 0 amide bonds. The molecule has 2 heterocycles. The summed E-state index contributed by atoms with van der Waals surface area (Å²) in [5, 5.41) is 19.7. The summed E-state index contributed by atoms with van der Waals surface area (Å²) in [6.45, 7) is 1.41. The van der Waals surface area contributed by atoms with Gasteiger partial charge in [0.15, 0.2) is 0 Å². The van der Waals surface area contributed by atoms with Crippen LogP contribution in [-0.2, 0) is 4.74 Å². The number of aromatic amines is 1. The van der Waals surface area contributed by atoms with Crippen LogP contribution < -0.4 is 0 Å². The van der Waals surface area contributed by atoms with Gasteiger partial charge in [-0.15, -0.1) is 0 Å². The fraction of sp³-hybridized carbons (Fsp3) is 0.300. The van der Waals surface area contributed by atoms with Crippen molar-refractivity contribution in [2.75, 3.05) is 13.2 Å². The number of aromatic carboxylic acids is 1. The first-order chi connectivity index (χ1) is 12.6. The van der Waals surface area contributed by atoms with Crippen LogP contribution in [0, 0.1) is 5.92 Å². The lowest BCUT2D eigenvalue weighted by atomic mass is 9.89. The first kappa shape index (κ1) is 16.8. The topological polar surface area (TPSA) is 95.4 Å². The molecule has 1 unspecified atom stereocenters. The maximum Gasteiger partial charge on any atom is 0.335 e. The Morgan fingerprint density at radius 3 is 2.58 bits per heavy atom. The Bertz CT molecular complexity index is 927. The van der Waals surface area contributed by atoms with E-state index in [1.54, 1.807) is 18.2 Å². The number of carboxylic acid groups (broad SMARTS) is 1. The van der Waals surface area contributed by atoms with E-state index in [2.05, 4.69) is 9.97 Å². The standard InChI is InChI=1S/C20H20N2O4/c23-18(13-7-9-26-10-8-13)12-1-3-14(4-2-12)19-21-16-6-5-15(20(24)25)11-17(16)22-19/h1-6,11,13,18,23H,7-10H2,(H,21,22)(H,24,25). The van der Waals surface area contributed by atoms with Gasteiger partial charge < -0.3 is 19.9 Å². The van der Waals surface area contributed by atoms with E-state index in [4.69, 9.17) is 9.84 Å². The summed E-state index contributed by atoms with van der Waals surface area (Å²) in [5.41, 5.74) is 3.40. The van der Waals surface area contributed by atoms with E-state index in [1.165, 1.54) is 0 Å². The largest absolute Gasteiger partial charge is 0.478 e. The second kappa shape index (κ2) is 6.90. The van der Waals surface area contributed by atoms with Crippen LogP contribution in [0.1, 0.15) is 34.9 Å². The molecule has 134 valence electrons. The van der Waals surface area contributed by atoms with Gasteiger partial charge in [-0.1, -0.05) is 24.3 Å².